The van der Waals surface area contributed by atoms with E-state index in [1.807, 2.05) is 17.0 Å². The topological polar surface area (TPSA) is 59.1 Å². The number of hydrogen-bond acceptors (Lipinski definition) is 4. The number of likely N-dealkylation sites (tertiary alicyclic amines) is 1. The largest absolute Gasteiger partial charge is 0.454 e. The van der Waals surface area contributed by atoms with Gasteiger partial charge in [0.25, 0.3) is 0 Å². The zero-order chi connectivity index (χ0) is 18.7. The van der Waals surface area contributed by atoms with Crippen molar-refractivity contribution in [1.29, 1.82) is 0 Å². The van der Waals surface area contributed by atoms with Crippen molar-refractivity contribution >= 4 is 11.8 Å². The van der Waals surface area contributed by atoms with E-state index in [4.69, 9.17) is 9.47 Å². The molecule has 0 aromatic heterocycles. The van der Waals surface area contributed by atoms with E-state index in [0.717, 1.165) is 30.9 Å². The van der Waals surface area contributed by atoms with Gasteiger partial charge in [-0.05, 0) is 42.4 Å². The molecule has 0 N–H and O–H groups in total. The number of fused-ring (bicyclic) bond motifs is 1. The van der Waals surface area contributed by atoms with Crippen LogP contribution in [0.5, 0.6) is 11.5 Å². The highest BCUT2D eigenvalue weighted by Crippen LogP contribution is 2.37. The van der Waals surface area contributed by atoms with Crippen molar-refractivity contribution < 1.29 is 19.1 Å². The van der Waals surface area contributed by atoms with Crippen LogP contribution in [0.4, 0.5) is 0 Å². The van der Waals surface area contributed by atoms with Crippen molar-refractivity contribution in [2.75, 3.05) is 34.0 Å². The molecule has 1 aromatic carbocycles. The first-order valence-electron chi connectivity index (χ1n) is 9.23. The number of piperidine rings is 1. The SMILES string of the molecule is CN(C)C(=O)CCCN1C[C@@](C)(Cc2ccc3c(c2)OCO3)CCC1=O. The molecule has 3 rings (SSSR count). The van der Waals surface area contributed by atoms with E-state index < -0.39 is 0 Å². The van der Waals surface area contributed by atoms with Gasteiger partial charge in [-0.3, -0.25) is 9.59 Å². The summed E-state index contributed by atoms with van der Waals surface area (Å²) < 4.78 is 10.8. The molecule has 1 saturated heterocycles. The summed E-state index contributed by atoms with van der Waals surface area (Å²) in [6.45, 7) is 3.90. The lowest BCUT2D eigenvalue weighted by Crippen LogP contribution is -2.46. The number of benzene rings is 1. The van der Waals surface area contributed by atoms with Crippen molar-refractivity contribution in [2.45, 2.75) is 39.0 Å². The Balaban J connectivity index is 1.59. The fourth-order valence-corrected chi connectivity index (χ4v) is 3.73. The smallest absolute Gasteiger partial charge is 0.231 e. The van der Waals surface area contributed by atoms with Crippen LogP contribution in [0.15, 0.2) is 18.2 Å². The highest BCUT2D eigenvalue weighted by molar-refractivity contribution is 5.77. The van der Waals surface area contributed by atoms with Crippen LogP contribution in [0.25, 0.3) is 0 Å². The van der Waals surface area contributed by atoms with E-state index in [2.05, 4.69) is 13.0 Å². The van der Waals surface area contributed by atoms with Gasteiger partial charge >= 0.3 is 0 Å². The highest BCUT2D eigenvalue weighted by Gasteiger charge is 2.35. The predicted octanol–water partition coefficient (Wildman–Crippen LogP) is 2.45. The van der Waals surface area contributed by atoms with Crippen molar-refractivity contribution in [1.82, 2.24) is 9.80 Å². The van der Waals surface area contributed by atoms with Crippen molar-refractivity contribution in [3.05, 3.63) is 23.8 Å². The minimum atomic E-state index is 0.0349. The molecule has 1 fully saturated rings. The summed E-state index contributed by atoms with van der Waals surface area (Å²) in [5.74, 6) is 1.91. The van der Waals surface area contributed by atoms with Gasteiger partial charge in [-0.1, -0.05) is 13.0 Å². The maximum atomic E-state index is 12.3. The number of carbonyl (C=O) groups excluding carboxylic acids is 2. The standard InChI is InChI=1S/C20H28N2O4/c1-20(12-15-6-7-16-17(11-15)26-14-25-16)9-8-19(24)22(13-20)10-4-5-18(23)21(2)3/h6-7,11H,4-5,8-10,12-14H2,1-3H3/t20-/m1/s1. The molecule has 6 heteroatoms. The molecular weight excluding hydrogens is 332 g/mol. The molecule has 142 valence electrons. The molecule has 1 aromatic rings. The molecule has 0 unspecified atom stereocenters. The van der Waals surface area contributed by atoms with Crippen molar-refractivity contribution in [2.24, 2.45) is 5.41 Å². The summed E-state index contributed by atoms with van der Waals surface area (Å²) >= 11 is 0. The van der Waals surface area contributed by atoms with Crippen molar-refractivity contribution in [3.63, 3.8) is 0 Å². The van der Waals surface area contributed by atoms with E-state index in [-0.39, 0.29) is 24.0 Å². The molecule has 2 aliphatic heterocycles. The Kier molecular flexibility index (Phi) is 5.39. The lowest BCUT2D eigenvalue weighted by atomic mass is 9.76. The quantitative estimate of drug-likeness (QED) is 0.782. The summed E-state index contributed by atoms with van der Waals surface area (Å²) in [5, 5.41) is 0. The zero-order valence-electron chi connectivity index (χ0n) is 15.9. The summed E-state index contributed by atoms with van der Waals surface area (Å²) in [5.41, 5.74) is 1.24. The van der Waals surface area contributed by atoms with Gasteiger partial charge in [0.05, 0.1) is 0 Å². The second-order valence-electron chi connectivity index (χ2n) is 7.88. The first kappa shape index (κ1) is 18.5. The lowest BCUT2D eigenvalue weighted by molar-refractivity contribution is -0.138. The van der Waals surface area contributed by atoms with Gasteiger partial charge in [0.2, 0.25) is 18.6 Å². The van der Waals surface area contributed by atoms with Crippen LogP contribution in [0.3, 0.4) is 0 Å². The molecule has 6 nitrogen and oxygen atoms in total. The Morgan fingerprint density at radius 1 is 1.27 bits per heavy atom. The molecule has 0 radical (unpaired) electrons. The van der Waals surface area contributed by atoms with Crippen LogP contribution in [-0.2, 0) is 16.0 Å². The predicted molar refractivity (Wildman–Crippen MR) is 98.1 cm³/mol. The molecule has 2 heterocycles. The molecule has 26 heavy (non-hydrogen) atoms. The minimum absolute atomic E-state index is 0.0349. The Hall–Kier alpha value is -2.24. The Bertz CT molecular complexity index is 688. The molecule has 2 amide bonds. The van der Waals surface area contributed by atoms with Crippen LogP contribution in [0.1, 0.15) is 38.2 Å². The number of ether oxygens (including phenoxy) is 2. The molecule has 1 atom stereocenters. The third-order valence-corrected chi connectivity index (χ3v) is 5.25. The molecule has 0 spiro atoms. The highest BCUT2D eigenvalue weighted by atomic mass is 16.7. The summed E-state index contributed by atoms with van der Waals surface area (Å²) in [6.07, 6.45) is 3.54. The average Bonchev–Trinajstić information content (AvgIpc) is 3.05. The second-order valence-corrected chi connectivity index (χ2v) is 7.88. The summed E-state index contributed by atoms with van der Waals surface area (Å²) in [6, 6.07) is 6.08. The lowest BCUT2D eigenvalue weighted by Gasteiger charge is -2.40. The Morgan fingerprint density at radius 3 is 2.81 bits per heavy atom. The van der Waals surface area contributed by atoms with E-state index >= 15 is 0 Å². The molecule has 0 aliphatic carbocycles. The van der Waals surface area contributed by atoms with E-state index in [1.165, 1.54) is 5.56 Å². The number of hydrogen-bond donors (Lipinski definition) is 0. The van der Waals surface area contributed by atoms with Gasteiger partial charge in [-0.2, -0.15) is 0 Å². The monoisotopic (exact) mass is 360 g/mol. The second kappa shape index (κ2) is 7.56. The van der Waals surface area contributed by atoms with E-state index in [1.54, 1.807) is 19.0 Å². The first-order valence-corrected chi connectivity index (χ1v) is 9.23. The van der Waals surface area contributed by atoms with Gasteiger partial charge in [0.1, 0.15) is 0 Å². The van der Waals surface area contributed by atoms with Crippen molar-refractivity contribution in [3.8, 4) is 11.5 Å². The Morgan fingerprint density at radius 2 is 2.04 bits per heavy atom. The minimum Gasteiger partial charge on any atom is -0.454 e. The van der Waals surface area contributed by atoms with Crippen LogP contribution < -0.4 is 9.47 Å². The maximum absolute atomic E-state index is 12.3. The summed E-state index contributed by atoms with van der Waals surface area (Å²) in [4.78, 5) is 27.5. The van der Waals surface area contributed by atoms with Gasteiger partial charge in [0, 0.05) is 40.0 Å². The number of carbonyl (C=O) groups is 2. The third-order valence-electron chi connectivity index (χ3n) is 5.25. The van der Waals surface area contributed by atoms with Gasteiger partial charge in [0.15, 0.2) is 11.5 Å². The molecule has 0 saturated carbocycles. The van der Waals surface area contributed by atoms with Crippen LogP contribution in [-0.4, -0.2) is 55.6 Å². The van der Waals surface area contributed by atoms with Crippen LogP contribution >= 0.6 is 0 Å². The van der Waals surface area contributed by atoms with Gasteiger partial charge < -0.3 is 19.3 Å². The zero-order valence-corrected chi connectivity index (χ0v) is 15.9. The van der Waals surface area contributed by atoms with Crippen LogP contribution in [0.2, 0.25) is 0 Å². The molecule has 0 bridgehead atoms. The number of rotatable bonds is 6. The fraction of sp³-hybridized carbons (Fsp3) is 0.600. The maximum Gasteiger partial charge on any atom is 0.231 e. The van der Waals surface area contributed by atoms with Gasteiger partial charge in [-0.15, -0.1) is 0 Å². The number of amides is 2. The van der Waals surface area contributed by atoms with Crippen LogP contribution in [0, 0.1) is 5.41 Å². The Labute approximate surface area is 155 Å². The van der Waals surface area contributed by atoms with E-state index in [0.29, 0.717) is 25.8 Å². The normalized spacial score (nSPS) is 21.8. The average molecular weight is 360 g/mol. The summed E-state index contributed by atoms with van der Waals surface area (Å²) in [7, 11) is 3.52. The molecular formula is C20H28N2O4. The van der Waals surface area contributed by atoms with E-state index in [9.17, 15) is 9.59 Å². The first-order chi connectivity index (χ1) is 12.4. The fourth-order valence-electron chi connectivity index (χ4n) is 3.73. The third kappa shape index (κ3) is 4.29. The molecule has 2 aliphatic rings. The number of nitrogens with zero attached hydrogens (tertiary/aromatic N) is 2. The van der Waals surface area contributed by atoms with Gasteiger partial charge in [-0.25, -0.2) is 0 Å².